The molecule has 0 aliphatic carbocycles. The second kappa shape index (κ2) is 5.43. The monoisotopic (exact) mass is 248 g/mol. The van der Waals surface area contributed by atoms with Crippen LogP contribution in [-0.4, -0.2) is 5.11 Å². The predicted molar refractivity (Wildman–Crippen MR) is 69.3 cm³/mol. The maximum atomic E-state index is 9.97. The first kappa shape index (κ1) is 12.3. The zero-order valence-electron chi connectivity index (χ0n) is 10.0. The van der Waals surface area contributed by atoms with Crippen molar-refractivity contribution in [2.75, 3.05) is 0 Å². The number of hydrogen-bond donors (Lipinski definition) is 1. The molecule has 1 aromatic carbocycles. The highest BCUT2D eigenvalue weighted by atomic mass is 32.2. The highest BCUT2D eigenvalue weighted by Crippen LogP contribution is 2.35. The van der Waals surface area contributed by atoms with E-state index in [1.807, 2.05) is 44.2 Å². The molecule has 2 nitrogen and oxygen atoms in total. The maximum absolute atomic E-state index is 9.97. The molecule has 1 atom stereocenters. The SMILES string of the molecule is CCC(O)c1ccccc1Sc1ccoc1C. The van der Waals surface area contributed by atoms with E-state index in [0.717, 1.165) is 27.5 Å². The van der Waals surface area contributed by atoms with Crippen LogP contribution >= 0.6 is 11.8 Å². The highest BCUT2D eigenvalue weighted by Gasteiger charge is 2.12. The fourth-order valence-corrected chi connectivity index (χ4v) is 2.69. The molecule has 1 aromatic heterocycles. The zero-order valence-corrected chi connectivity index (χ0v) is 10.8. The quantitative estimate of drug-likeness (QED) is 0.881. The van der Waals surface area contributed by atoms with Gasteiger partial charge in [0, 0.05) is 4.90 Å². The minimum absolute atomic E-state index is 0.397. The van der Waals surface area contributed by atoms with E-state index in [9.17, 15) is 5.11 Å². The first-order valence-corrected chi connectivity index (χ1v) is 6.53. The lowest BCUT2D eigenvalue weighted by Gasteiger charge is -2.13. The van der Waals surface area contributed by atoms with Crippen molar-refractivity contribution >= 4 is 11.8 Å². The van der Waals surface area contributed by atoms with E-state index < -0.39 is 6.10 Å². The number of aryl methyl sites for hydroxylation is 1. The predicted octanol–water partition coefficient (Wildman–Crippen LogP) is 4.18. The third-order valence-corrected chi connectivity index (χ3v) is 3.93. The van der Waals surface area contributed by atoms with Gasteiger partial charge < -0.3 is 9.52 Å². The largest absolute Gasteiger partial charge is 0.468 e. The molecule has 1 heterocycles. The van der Waals surface area contributed by atoms with E-state index in [4.69, 9.17) is 4.42 Å². The number of aliphatic hydroxyl groups is 1. The average molecular weight is 248 g/mol. The molecule has 1 N–H and O–H groups in total. The smallest absolute Gasteiger partial charge is 0.114 e. The van der Waals surface area contributed by atoms with Gasteiger partial charge in [-0.05, 0) is 31.0 Å². The van der Waals surface area contributed by atoms with Crippen molar-refractivity contribution in [1.82, 2.24) is 0 Å². The first-order chi connectivity index (χ1) is 8.22. The van der Waals surface area contributed by atoms with Crippen LogP contribution in [0.1, 0.15) is 30.8 Å². The van der Waals surface area contributed by atoms with E-state index in [1.165, 1.54) is 0 Å². The van der Waals surface area contributed by atoms with Gasteiger partial charge in [-0.25, -0.2) is 0 Å². The molecule has 17 heavy (non-hydrogen) atoms. The number of hydrogen-bond acceptors (Lipinski definition) is 3. The summed E-state index contributed by atoms with van der Waals surface area (Å²) in [6.07, 6.45) is 2.02. The molecule has 0 saturated heterocycles. The van der Waals surface area contributed by atoms with Crippen molar-refractivity contribution in [2.24, 2.45) is 0 Å². The van der Waals surface area contributed by atoms with Crippen LogP contribution in [0.4, 0.5) is 0 Å². The molecule has 0 amide bonds. The lowest BCUT2D eigenvalue weighted by atomic mass is 10.1. The van der Waals surface area contributed by atoms with Crippen LogP contribution in [0, 0.1) is 6.92 Å². The Balaban J connectivity index is 2.30. The molecule has 0 fully saturated rings. The summed E-state index contributed by atoms with van der Waals surface area (Å²) < 4.78 is 5.28. The summed E-state index contributed by atoms with van der Waals surface area (Å²) in [5.41, 5.74) is 0.987. The standard InChI is InChI=1S/C14H16O2S/c1-3-12(15)11-6-4-5-7-14(11)17-13-8-9-16-10(13)2/h4-9,12,15H,3H2,1-2H3. The van der Waals surface area contributed by atoms with Gasteiger partial charge in [0.05, 0.1) is 17.3 Å². The van der Waals surface area contributed by atoms with Crippen LogP contribution in [0.5, 0.6) is 0 Å². The Bertz CT molecular complexity index is 490. The van der Waals surface area contributed by atoms with Gasteiger partial charge in [-0.2, -0.15) is 0 Å². The summed E-state index contributed by atoms with van der Waals surface area (Å²) >= 11 is 1.64. The van der Waals surface area contributed by atoms with Gasteiger partial charge in [0.15, 0.2) is 0 Å². The minimum Gasteiger partial charge on any atom is -0.468 e. The Kier molecular flexibility index (Phi) is 3.92. The molecule has 0 aliphatic rings. The van der Waals surface area contributed by atoms with Crippen LogP contribution in [0.3, 0.4) is 0 Å². The lowest BCUT2D eigenvalue weighted by Crippen LogP contribution is -1.96. The van der Waals surface area contributed by atoms with E-state index in [-0.39, 0.29) is 0 Å². The van der Waals surface area contributed by atoms with Gasteiger partial charge >= 0.3 is 0 Å². The van der Waals surface area contributed by atoms with Crippen LogP contribution in [0.15, 0.2) is 50.8 Å². The average Bonchev–Trinajstić information content (AvgIpc) is 2.75. The van der Waals surface area contributed by atoms with E-state index in [0.29, 0.717) is 0 Å². The number of benzene rings is 1. The van der Waals surface area contributed by atoms with Gasteiger partial charge in [-0.1, -0.05) is 36.9 Å². The Morgan fingerprint density at radius 2 is 2.00 bits per heavy atom. The van der Waals surface area contributed by atoms with E-state index in [2.05, 4.69) is 0 Å². The first-order valence-electron chi connectivity index (χ1n) is 5.71. The van der Waals surface area contributed by atoms with Crippen molar-refractivity contribution < 1.29 is 9.52 Å². The molecule has 0 radical (unpaired) electrons. The molecule has 1 unspecified atom stereocenters. The summed E-state index contributed by atoms with van der Waals surface area (Å²) in [7, 11) is 0. The molecule has 3 heteroatoms. The molecule has 0 saturated carbocycles. The Hall–Kier alpha value is -1.19. The highest BCUT2D eigenvalue weighted by molar-refractivity contribution is 7.99. The van der Waals surface area contributed by atoms with E-state index in [1.54, 1.807) is 18.0 Å². The molecule has 0 spiro atoms. The second-order valence-corrected chi connectivity index (χ2v) is 4.99. The summed E-state index contributed by atoms with van der Waals surface area (Å²) in [6.45, 7) is 3.93. The van der Waals surface area contributed by atoms with Gasteiger partial charge in [0.25, 0.3) is 0 Å². The topological polar surface area (TPSA) is 33.4 Å². The van der Waals surface area contributed by atoms with Crippen LogP contribution in [-0.2, 0) is 0 Å². The molecule has 0 bridgehead atoms. The van der Waals surface area contributed by atoms with Crippen molar-refractivity contribution in [3.05, 3.63) is 47.9 Å². The van der Waals surface area contributed by atoms with Gasteiger partial charge in [-0.3, -0.25) is 0 Å². The van der Waals surface area contributed by atoms with Gasteiger partial charge in [-0.15, -0.1) is 0 Å². The number of furan rings is 1. The van der Waals surface area contributed by atoms with Crippen molar-refractivity contribution in [3.63, 3.8) is 0 Å². The molecule has 2 aromatic rings. The van der Waals surface area contributed by atoms with Crippen LogP contribution < -0.4 is 0 Å². The van der Waals surface area contributed by atoms with Crippen LogP contribution in [0.25, 0.3) is 0 Å². The number of aliphatic hydroxyl groups excluding tert-OH is 1. The summed E-state index contributed by atoms with van der Waals surface area (Å²) in [5.74, 6) is 0.913. The van der Waals surface area contributed by atoms with Crippen LogP contribution in [0.2, 0.25) is 0 Å². The van der Waals surface area contributed by atoms with Crippen molar-refractivity contribution in [1.29, 1.82) is 0 Å². The molecular formula is C14H16O2S. The fraction of sp³-hybridized carbons (Fsp3) is 0.286. The lowest BCUT2D eigenvalue weighted by molar-refractivity contribution is 0.171. The summed E-state index contributed by atoms with van der Waals surface area (Å²) in [4.78, 5) is 2.19. The molecular weight excluding hydrogens is 232 g/mol. The summed E-state index contributed by atoms with van der Waals surface area (Å²) in [6, 6.07) is 9.91. The van der Waals surface area contributed by atoms with Crippen molar-refractivity contribution in [2.45, 2.75) is 36.2 Å². The fourth-order valence-electron chi connectivity index (χ4n) is 1.67. The molecule has 0 aliphatic heterocycles. The van der Waals surface area contributed by atoms with Gasteiger partial charge in [0.2, 0.25) is 0 Å². The third-order valence-electron chi connectivity index (χ3n) is 2.70. The molecule has 2 rings (SSSR count). The third kappa shape index (κ3) is 2.73. The summed E-state index contributed by atoms with van der Waals surface area (Å²) in [5, 5.41) is 9.97. The molecule has 90 valence electrons. The normalized spacial score (nSPS) is 12.6. The number of rotatable bonds is 4. The maximum Gasteiger partial charge on any atom is 0.114 e. The second-order valence-electron chi connectivity index (χ2n) is 3.90. The van der Waals surface area contributed by atoms with Gasteiger partial charge in [0.1, 0.15) is 5.76 Å². The zero-order chi connectivity index (χ0) is 12.3. The minimum atomic E-state index is -0.397. The van der Waals surface area contributed by atoms with Crippen molar-refractivity contribution in [3.8, 4) is 0 Å². The Morgan fingerprint density at radius 3 is 2.65 bits per heavy atom. The van der Waals surface area contributed by atoms with E-state index >= 15 is 0 Å². The Morgan fingerprint density at radius 1 is 1.24 bits per heavy atom. The Labute approximate surface area is 106 Å².